The molecule has 1 aromatic heterocycles. The number of rotatable bonds is 2. The number of aliphatic hydroxyl groups is 1. The average Bonchev–Trinajstić information content (AvgIpc) is 2.38. The highest BCUT2D eigenvalue weighted by atomic mass is 16.3. The smallest absolute Gasteiger partial charge is 0.254 e. The van der Waals surface area contributed by atoms with Gasteiger partial charge in [0.05, 0.1) is 0 Å². The maximum Gasteiger partial charge on any atom is 0.254 e. The van der Waals surface area contributed by atoms with Gasteiger partial charge in [0, 0.05) is 37.5 Å². The van der Waals surface area contributed by atoms with Crippen LogP contribution in [-0.2, 0) is 0 Å². The highest BCUT2D eigenvalue weighted by molar-refractivity contribution is 5.94. The summed E-state index contributed by atoms with van der Waals surface area (Å²) < 4.78 is 0. The van der Waals surface area contributed by atoms with Crippen LogP contribution in [0.4, 0.5) is 0 Å². The van der Waals surface area contributed by atoms with Crippen LogP contribution in [-0.4, -0.2) is 40.6 Å². The molecule has 17 heavy (non-hydrogen) atoms. The molecule has 2 heterocycles. The van der Waals surface area contributed by atoms with E-state index in [9.17, 15) is 9.59 Å². The van der Waals surface area contributed by atoms with Gasteiger partial charge < -0.3 is 15.0 Å². The molecule has 1 aliphatic rings. The summed E-state index contributed by atoms with van der Waals surface area (Å²) in [5, 5.41) is 9.11. The molecule has 1 atom stereocenters. The molecule has 0 saturated carbocycles. The number of carbonyl (C=O) groups excluding carboxylic acids is 1. The van der Waals surface area contributed by atoms with E-state index in [1.165, 1.54) is 12.3 Å². The Hall–Kier alpha value is -1.62. The van der Waals surface area contributed by atoms with Crippen LogP contribution < -0.4 is 5.56 Å². The second-order valence-corrected chi connectivity index (χ2v) is 4.38. The van der Waals surface area contributed by atoms with Crippen molar-refractivity contribution in [2.75, 3.05) is 19.7 Å². The van der Waals surface area contributed by atoms with E-state index >= 15 is 0 Å². The molecule has 92 valence electrons. The first-order chi connectivity index (χ1) is 8.20. The Labute approximate surface area is 99.1 Å². The predicted molar refractivity (Wildman–Crippen MR) is 62.8 cm³/mol. The zero-order valence-corrected chi connectivity index (χ0v) is 9.56. The molecule has 1 saturated heterocycles. The van der Waals surface area contributed by atoms with Crippen molar-refractivity contribution in [3.05, 3.63) is 34.2 Å². The maximum absolute atomic E-state index is 12.1. The average molecular weight is 236 g/mol. The van der Waals surface area contributed by atoms with E-state index in [1.807, 2.05) is 0 Å². The van der Waals surface area contributed by atoms with Gasteiger partial charge in [0.1, 0.15) is 0 Å². The fourth-order valence-electron chi connectivity index (χ4n) is 2.16. The summed E-state index contributed by atoms with van der Waals surface area (Å²) in [5.41, 5.74) is 0.138. The van der Waals surface area contributed by atoms with Gasteiger partial charge in [0.25, 0.3) is 5.91 Å². The topological polar surface area (TPSA) is 73.4 Å². The van der Waals surface area contributed by atoms with Crippen LogP contribution in [0, 0.1) is 5.92 Å². The standard InChI is InChI=1S/C12H16N2O3/c15-8-9-2-1-5-14(7-9)12(17)10-3-4-13-11(16)6-10/h3-4,6,9,15H,1-2,5,7-8H2,(H,13,16). The Morgan fingerprint density at radius 3 is 3.12 bits per heavy atom. The summed E-state index contributed by atoms with van der Waals surface area (Å²) in [6.45, 7) is 1.38. The minimum atomic E-state index is -0.272. The lowest BCUT2D eigenvalue weighted by Gasteiger charge is -2.31. The Morgan fingerprint density at radius 2 is 2.41 bits per heavy atom. The summed E-state index contributed by atoms with van der Waals surface area (Å²) in [6.07, 6.45) is 3.33. The maximum atomic E-state index is 12.1. The molecule has 5 heteroatoms. The lowest BCUT2D eigenvalue weighted by atomic mass is 9.98. The molecule has 2 rings (SSSR count). The molecule has 2 N–H and O–H groups in total. The number of nitrogens with one attached hydrogen (secondary N) is 1. The molecular weight excluding hydrogens is 220 g/mol. The fourth-order valence-corrected chi connectivity index (χ4v) is 2.16. The first kappa shape index (κ1) is 11.9. The summed E-state index contributed by atoms with van der Waals surface area (Å²) in [7, 11) is 0. The molecule has 1 fully saturated rings. The van der Waals surface area contributed by atoms with Crippen molar-refractivity contribution in [1.82, 2.24) is 9.88 Å². The molecule has 0 radical (unpaired) electrons. The largest absolute Gasteiger partial charge is 0.396 e. The van der Waals surface area contributed by atoms with E-state index < -0.39 is 0 Å². The van der Waals surface area contributed by atoms with Crippen LogP contribution in [0.25, 0.3) is 0 Å². The van der Waals surface area contributed by atoms with Crippen LogP contribution >= 0.6 is 0 Å². The van der Waals surface area contributed by atoms with E-state index in [1.54, 1.807) is 11.0 Å². The van der Waals surface area contributed by atoms with E-state index in [4.69, 9.17) is 5.11 Å². The van der Waals surface area contributed by atoms with Crippen molar-refractivity contribution in [1.29, 1.82) is 0 Å². The molecular formula is C12H16N2O3. The summed E-state index contributed by atoms with van der Waals surface area (Å²) in [6, 6.07) is 2.91. The molecule has 1 aromatic rings. The van der Waals surface area contributed by atoms with Gasteiger partial charge in [-0.2, -0.15) is 0 Å². The van der Waals surface area contributed by atoms with Crippen LogP contribution in [0.15, 0.2) is 23.1 Å². The van der Waals surface area contributed by atoms with Crippen molar-refractivity contribution in [2.24, 2.45) is 5.92 Å². The van der Waals surface area contributed by atoms with Gasteiger partial charge in [-0.25, -0.2) is 0 Å². The molecule has 1 unspecified atom stereocenters. The number of hydrogen-bond acceptors (Lipinski definition) is 3. The summed E-state index contributed by atoms with van der Waals surface area (Å²) in [5.74, 6) is 0.0314. The number of aromatic nitrogens is 1. The number of amides is 1. The molecule has 1 aliphatic heterocycles. The molecule has 5 nitrogen and oxygen atoms in total. The van der Waals surface area contributed by atoms with E-state index in [2.05, 4.69) is 4.98 Å². The van der Waals surface area contributed by atoms with Crippen molar-refractivity contribution < 1.29 is 9.90 Å². The quantitative estimate of drug-likeness (QED) is 0.771. The highest BCUT2D eigenvalue weighted by Crippen LogP contribution is 2.17. The zero-order valence-electron chi connectivity index (χ0n) is 9.56. The van der Waals surface area contributed by atoms with Crippen LogP contribution in [0.2, 0.25) is 0 Å². The van der Waals surface area contributed by atoms with Gasteiger partial charge in [-0.05, 0) is 24.8 Å². The normalized spacial score (nSPS) is 20.3. The van der Waals surface area contributed by atoms with Gasteiger partial charge in [0.2, 0.25) is 5.56 Å². The van der Waals surface area contributed by atoms with Crippen LogP contribution in [0.5, 0.6) is 0 Å². The van der Waals surface area contributed by atoms with Gasteiger partial charge in [-0.3, -0.25) is 9.59 Å². The summed E-state index contributed by atoms with van der Waals surface area (Å²) >= 11 is 0. The van der Waals surface area contributed by atoms with Crippen molar-refractivity contribution in [2.45, 2.75) is 12.8 Å². The lowest BCUT2D eigenvalue weighted by molar-refractivity contribution is 0.0620. The van der Waals surface area contributed by atoms with Gasteiger partial charge in [-0.1, -0.05) is 0 Å². The third-order valence-electron chi connectivity index (χ3n) is 3.09. The van der Waals surface area contributed by atoms with E-state index in [-0.39, 0.29) is 24.0 Å². The minimum absolute atomic E-state index is 0.110. The molecule has 0 spiro atoms. The number of pyridine rings is 1. The molecule has 0 aliphatic carbocycles. The number of aromatic amines is 1. The second-order valence-electron chi connectivity index (χ2n) is 4.38. The minimum Gasteiger partial charge on any atom is -0.396 e. The predicted octanol–water partition coefficient (Wildman–Crippen LogP) is 0.219. The Morgan fingerprint density at radius 1 is 1.59 bits per heavy atom. The third-order valence-corrected chi connectivity index (χ3v) is 3.09. The number of aliphatic hydroxyl groups excluding tert-OH is 1. The first-order valence-corrected chi connectivity index (χ1v) is 5.79. The van der Waals surface area contributed by atoms with E-state index in [0.717, 1.165) is 12.8 Å². The van der Waals surface area contributed by atoms with E-state index in [0.29, 0.717) is 18.7 Å². The SMILES string of the molecule is O=C(c1cc[nH]c(=O)c1)N1CCCC(CO)C1. The third kappa shape index (κ3) is 2.74. The first-order valence-electron chi connectivity index (χ1n) is 5.79. The second kappa shape index (κ2) is 5.14. The number of nitrogens with zero attached hydrogens (tertiary/aromatic N) is 1. The monoisotopic (exact) mass is 236 g/mol. The highest BCUT2D eigenvalue weighted by Gasteiger charge is 2.23. The zero-order chi connectivity index (χ0) is 12.3. The molecule has 0 bridgehead atoms. The molecule has 1 amide bonds. The number of likely N-dealkylation sites (tertiary alicyclic amines) is 1. The molecule has 0 aromatic carbocycles. The Kier molecular flexibility index (Phi) is 3.58. The van der Waals surface area contributed by atoms with Crippen LogP contribution in [0.3, 0.4) is 0 Å². The van der Waals surface area contributed by atoms with Crippen molar-refractivity contribution >= 4 is 5.91 Å². The fraction of sp³-hybridized carbons (Fsp3) is 0.500. The number of H-pyrrole nitrogens is 1. The number of piperidine rings is 1. The van der Waals surface area contributed by atoms with Gasteiger partial charge >= 0.3 is 0 Å². The van der Waals surface area contributed by atoms with Gasteiger partial charge in [0.15, 0.2) is 0 Å². The lowest BCUT2D eigenvalue weighted by Crippen LogP contribution is -2.41. The Bertz CT molecular complexity index is 455. The Balaban J connectivity index is 2.12. The van der Waals surface area contributed by atoms with Crippen molar-refractivity contribution in [3.8, 4) is 0 Å². The number of hydrogen-bond donors (Lipinski definition) is 2. The summed E-state index contributed by atoms with van der Waals surface area (Å²) in [4.78, 5) is 27.4. The van der Waals surface area contributed by atoms with Crippen molar-refractivity contribution in [3.63, 3.8) is 0 Å². The van der Waals surface area contributed by atoms with Gasteiger partial charge in [-0.15, -0.1) is 0 Å². The number of carbonyl (C=O) groups is 1. The van der Waals surface area contributed by atoms with Crippen LogP contribution in [0.1, 0.15) is 23.2 Å².